The van der Waals surface area contributed by atoms with Gasteiger partial charge in [-0.25, -0.2) is 5.43 Å². The minimum Gasteiger partial charge on any atom is -0.272 e. The number of amides is 1. The second kappa shape index (κ2) is 10.7. The molecule has 9 nitrogen and oxygen atoms in total. The molecule has 0 aliphatic carbocycles. The van der Waals surface area contributed by atoms with Gasteiger partial charge in [-0.1, -0.05) is 41.6 Å². The first-order valence-electron chi connectivity index (χ1n) is 9.97. The number of hydrogen-bond acceptors (Lipinski definition) is 7. The summed E-state index contributed by atoms with van der Waals surface area (Å²) in [5, 5.41) is 24.4. The number of benzene rings is 3. The van der Waals surface area contributed by atoms with Gasteiger partial charge in [0.15, 0.2) is 11.0 Å². The molecule has 0 spiro atoms. The van der Waals surface area contributed by atoms with Crippen molar-refractivity contribution < 1.29 is 9.72 Å². The summed E-state index contributed by atoms with van der Waals surface area (Å²) in [7, 11) is 0. The topological polar surface area (TPSA) is 115 Å². The number of nitrogens with zero attached hydrogens (tertiary/aromatic N) is 5. The Balaban J connectivity index is 1.45. The maximum absolute atomic E-state index is 12.3. The van der Waals surface area contributed by atoms with E-state index in [2.05, 4.69) is 20.7 Å². The average molecular weight is 493 g/mol. The summed E-state index contributed by atoms with van der Waals surface area (Å²) in [6.07, 6.45) is 1.41. The Morgan fingerprint density at radius 1 is 1.06 bits per heavy atom. The molecule has 1 amide bonds. The van der Waals surface area contributed by atoms with Gasteiger partial charge in [-0.2, -0.15) is 5.10 Å². The van der Waals surface area contributed by atoms with Crippen LogP contribution in [0.15, 0.2) is 89.1 Å². The first kappa shape index (κ1) is 23.1. The fourth-order valence-corrected chi connectivity index (χ4v) is 3.85. The van der Waals surface area contributed by atoms with Gasteiger partial charge < -0.3 is 0 Å². The van der Waals surface area contributed by atoms with Gasteiger partial charge in [0.2, 0.25) is 0 Å². The highest BCUT2D eigenvalue weighted by atomic mass is 35.5. The molecule has 4 rings (SSSR count). The SMILES string of the molecule is O=C(CSc1nnc(-c2ccc(Cl)cc2)n1-c1ccccc1)NN=Cc1ccc([N+](=O)[O-])cc1. The van der Waals surface area contributed by atoms with Crippen LogP contribution in [-0.2, 0) is 4.79 Å². The number of nitro benzene ring substituents is 1. The second-order valence-corrected chi connectivity index (χ2v) is 8.29. The predicted octanol–water partition coefficient (Wildman–Crippen LogP) is 4.74. The number of para-hydroxylation sites is 1. The van der Waals surface area contributed by atoms with E-state index in [1.54, 1.807) is 24.3 Å². The van der Waals surface area contributed by atoms with Crippen LogP contribution < -0.4 is 5.43 Å². The number of hydrazone groups is 1. The Hall–Kier alpha value is -4.02. The van der Waals surface area contributed by atoms with E-state index in [4.69, 9.17) is 11.6 Å². The molecule has 1 aromatic heterocycles. The van der Waals surface area contributed by atoms with Crippen LogP contribution in [0.3, 0.4) is 0 Å². The van der Waals surface area contributed by atoms with Crippen LogP contribution in [-0.4, -0.2) is 37.6 Å². The molecule has 0 saturated carbocycles. The van der Waals surface area contributed by atoms with Crippen LogP contribution in [0.4, 0.5) is 5.69 Å². The minimum atomic E-state index is -0.480. The highest BCUT2D eigenvalue weighted by Crippen LogP contribution is 2.28. The predicted molar refractivity (Wildman–Crippen MR) is 131 cm³/mol. The van der Waals surface area contributed by atoms with Crippen molar-refractivity contribution in [3.63, 3.8) is 0 Å². The number of rotatable bonds is 8. The summed E-state index contributed by atoms with van der Waals surface area (Å²) in [5.74, 6) is 0.351. The van der Waals surface area contributed by atoms with Crippen molar-refractivity contribution in [2.45, 2.75) is 5.16 Å². The van der Waals surface area contributed by atoms with Crippen LogP contribution in [0.2, 0.25) is 5.02 Å². The van der Waals surface area contributed by atoms with E-state index in [-0.39, 0.29) is 17.3 Å². The van der Waals surface area contributed by atoms with E-state index < -0.39 is 4.92 Å². The van der Waals surface area contributed by atoms with Gasteiger partial charge in [-0.05, 0) is 54.1 Å². The largest absolute Gasteiger partial charge is 0.272 e. The second-order valence-electron chi connectivity index (χ2n) is 6.91. The molecule has 0 aliphatic heterocycles. The molecule has 1 heterocycles. The van der Waals surface area contributed by atoms with Gasteiger partial charge in [-0.3, -0.25) is 19.5 Å². The standard InChI is InChI=1S/C23H17ClN6O3S/c24-18-10-8-17(9-11-18)22-27-28-23(29(22)19-4-2-1-3-5-19)34-15-21(31)26-25-14-16-6-12-20(13-7-16)30(32)33/h1-14H,15H2,(H,26,31). The molecule has 0 radical (unpaired) electrons. The molecule has 0 unspecified atom stereocenters. The molecular formula is C23H17ClN6O3S. The van der Waals surface area contributed by atoms with Crippen LogP contribution in [0.25, 0.3) is 17.1 Å². The van der Waals surface area contributed by atoms with Crippen LogP contribution >= 0.6 is 23.4 Å². The van der Waals surface area contributed by atoms with E-state index in [1.165, 1.54) is 30.1 Å². The molecule has 0 atom stereocenters. The van der Waals surface area contributed by atoms with Crippen LogP contribution in [0, 0.1) is 10.1 Å². The first-order chi connectivity index (χ1) is 16.5. The molecule has 0 bridgehead atoms. The monoisotopic (exact) mass is 492 g/mol. The van der Waals surface area contributed by atoms with Crippen molar-refractivity contribution >= 4 is 41.2 Å². The van der Waals surface area contributed by atoms with E-state index in [1.807, 2.05) is 47.0 Å². The fourth-order valence-electron chi connectivity index (χ4n) is 2.98. The lowest BCUT2D eigenvalue weighted by Crippen LogP contribution is -2.20. The Morgan fingerprint density at radius 3 is 2.44 bits per heavy atom. The highest BCUT2D eigenvalue weighted by molar-refractivity contribution is 7.99. The number of nitro groups is 1. The molecular weight excluding hydrogens is 476 g/mol. The van der Waals surface area contributed by atoms with Crippen LogP contribution in [0.1, 0.15) is 5.56 Å². The molecule has 0 aliphatic rings. The molecule has 11 heteroatoms. The molecule has 3 aromatic carbocycles. The van der Waals surface area contributed by atoms with E-state index in [0.29, 0.717) is 21.6 Å². The Kier molecular flexibility index (Phi) is 7.31. The Morgan fingerprint density at radius 2 is 1.76 bits per heavy atom. The summed E-state index contributed by atoms with van der Waals surface area (Å²) >= 11 is 7.24. The van der Waals surface area contributed by atoms with Crippen molar-refractivity contribution in [2.75, 3.05) is 5.75 Å². The molecule has 0 saturated heterocycles. The molecule has 1 N–H and O–H groups in total. The maximum Gasteiger partial charge on any atom is 0.269 e. The van der Waals surface area contributed by atoms with Gasteiger partial charge in [0, 0.05) is 28.4 Å². The summed E-state index contributed by atoms with van der Waals surface area (Å²) < 4.78 is 1.88. The van der Waals surface area contributed by atoms with Crippen molar-refractivity contribution in [1.29, 1.82) is 0 Å². The smallest absolute Gasteiger partial charge is 0.269 e. The Bertz CT molecular complexity index is 1330. The van der Waals surface area contributed by atoms with Crippen LogP contribution in [0.5, 0.6) is 0 Å². The van der Waals surface area contributed by atoms with Crippen molar-refractivity contribution in [3.05, 3.63) is 99.6 Å². The van der Waals surface area contributed by atoms with E-state index in [9.17, 15) is 14.9 Å². The highest BCUT2D eigenvalue weighted by Gasteiger charge is 2.17. The summed E-state index contributed by atoms with van der Waals surface area (Å²) in [4.78, 5) is 22.5. The first-order valence-corrected chi connectivity index (χ1v) is 11.3. The van der Waals surface area contributed by atoms with E-state index >= 15 is 0 Å². The van der Waals surface area contributed by atoms with Gasteiger partial charge in [0.05, 0.1) is 16.9 Å². The normalized spacial score (nSPS) is 11.0. The number of nitrogens with one attached hydrogen (secondary N) is 1. The van der Waals surface area contributed by atoms with Crippen molar-refractivity contribution in [3.8, 4) is 17.1 Å². The van der Waals surface area contributed by atoms with Crippen molar-refractivity contribution in [1.82, 2.24) is 20.2 Å². The average Bonchev–Trinajstić information content (AvgIpc) is 3.28. The summed E-state index contributed by atoms with van der Waals surface area (Å²) in [6, 6.07) is 22.7. The lowest BCUT2D eigenvalue weighted by molar-refractivity contribution is -0.384. The molecule has 0 fully saturated rings. The third kappa shape index (κ3) is 5.66. The number of non-ortho nitro benzene ring substituents is 1. The number of carbonyl (C=O) groups is 1. The molecule has 170 valence electrons. The number of halogens is 1. The number of carbonyl (C=O) groups excluding carboxylic acids is 1. The third-order valence-electron chi connectivity index (χ3n) is 4.59. The number of thioether (sulfide) groups is 1. The third-order valence-corrected chi connectivity index (χ3v) is 5.77. The van der Waals surface area contributed by atoms with Gasteiger partial charge in [0.1, 0.15) is 0 Å². The Labute approximate surface area is 203 Å². The number of hydrogen-bond donors (Lipinski definition) is 1. The fraction of sp³-hybridized carbons (Fsp3) is 0.0435. The lowest BCUT2D eigenvalue weighted by atomic mass is 10.2. The minimum absolute atomic E-state index is 0.0157. The quantitative estimate of drug-likeness (QED) is 0.164. The zero-order valence-corrected chi connectivity index (χ0v) is 19.1. The number of aromatic nitrogens is 3. The van der Waals surface area contributed by atoms with Gasteiger partial charge >= 0.3 is 0 Å². The van der Waals surface area contributed by atoms with Gasteiger partial charge in [-0.15, -0.1) is 10.2 Å². The summed E-state index contributed by atoms with van der Waals surface area (Å²) in [6.45, 7) is 0. The molecule has 34 heavy (non-hydrogen) atoms. The van der Waals surface area contributed by atoms with Gasteiger partial charge in [0.25, 0.3) is 11.6 Å². The molecule has 4 aromatic rings. The van der Waals surface area contributed by atoms with E-state index in [0.717, 1.165) is 11.3 Å². The van der Waals surface area contributed by atoms with Crippen molar-refractivity contribution in [2.24, 2.45) is 5.10 Å². The zero-order valence-electron chi connectivity index (χ0n) is 17.5. The zero-order chi connectivity index (χ0) is 23.9. The maximum atomic E-state index is 12.3. The summed E-state index contributed by atoms with van der Waals surface area (Å²) in [5.41, 5.74) is 4.75. The lowest BCUT2D eigenvalue weighted by Gasteiger charge is -2.10.